The lowest BCUT2D eigenvalue weighted by molar-refractivity contribution is -0.123. The first-order valence-electron chi connectivity index (χ1n) is 5.81. The Morgan fingerprint density at radius 1 is 1.20 bits per heavy atom. The summed E-state index contributed by atoms with van der Waals surface area (Å²) in [6, 6.07) is 0. The molecule has 0 aromatic carbocycles. The summed E-state index contributed by atoms with van der Waals surface area (Å²) in [4.78, 5) is 11.4. The van der Waals surface area contributed by atoms with Crippen molar-refractivity contribution in [2.75, 3.05) is 7.05 Å². The zero-order valence-electron chi connectivity index (χ0n) is 11.4. The number of carbonyl (C=O) groups is 1. The molecule has 2 nitrogen and oxygen atoms in total. The Kier molecular flexibility index (Phi) is 4.82. The fourth-order valence-electron chi connectivity index (χ4n) is 2.02. The zero-order valence-corrected chi connectivity index (χ0v) is 11.4. The van der Waals surface area contributed by atoms with Crippen LogP contribution in [-0.2, 0) is 4.79 Å². The van der Waals surface area contributed by atoms with Gasteiger partial charge in [-0.2, -0.15) is 0 Å². The Balaban J connectivity index is 4.43. The second-order valence-corrected chi connectivity index (χ2v) is 6.33. The van der Waals surface area contributed by atoms with Gasteiger partial charge in [0, 0.05) is 13.5 Å². The lowest BCUT2D eigenvalue weighted by atomic mass is 9.68. The van der Waals surface area contributed by atoms with Crippen LogP contribution in [0, 0.1) is 16.7 Å². The van der Waals surface area contributed by atoms with E-state index in [1.54, 1.807) is 7.05 Å². The molecular formula is C13H27NO. The first-order valence-corrected chi connectivity index (χ1v) is 5.81. The molecule has 0 bridgehead atoms. The molecule has 0 rings (SSSR count). The van der Waals surface area contributed by atoms with E-state index in [9.17, 15) is 4.79 Å². The zero-order chi connectivity index (χ0) is 12.3. The Bertz CT molecular complexity index is 217. The highest BCUT2D eigenvalue weighted by Gasteiger charge is 2.32. The van der Waals surface area contributed by atoms with Crippen LogP contribution in [0.1, 0.15) is 54.4 Å². The highest BCUT2D eigenvalue weighted by Crippen LogP contribution is 2.40. The van der Waals surface area contributed by atoms with Gasteiger partial charge < -0.3 is 5.32 Å². The van der Waals surface area contributed by atoms with Gasteiger partial charge in [-0.15, -0.1) is 0 Å². The van der Waals surface area contributed by atoms with Gasteiger partial charge in [-0.05, 0) is 23.2 Å². The first-order chi connectivity index (χ1) is 6.60. The van der Waals surface area contributed by atoms with Crippen molar-refractivity contribution >= 4 is 5.91 Å². The average molecular weight is 213 g/mol. The monoisotopic (exact) mass is 213 g/mol. The minimum Gasteiger partial charge on any atom is -0.359 e. The van der Waals surface area contributed by atoms with Crippen LogP contribution < -0.4 is 5.32 Å². The number of amides is 1. The van der Waals surface area contributed by atoms with Crippen LogP contribution in [0.15, 0.2) is 0 Å². The molecule has 0 aliphatic rings. The first kappa shape index (κ1) is 14.5. The van der Waals surface area contributed by atoms with Crippen molar-refractivity contribution in [1.29, 1.82) is 0 Å². The Labute approximate surface area is 94.8 Å². The van der Waals surface area contributed by atoms with Crippen molar-refractivity contribution < 1.29 is 4.79 Å². The third-order valence-corrected chi connectivity index (χ3v) is 3.42. The molecule has 0 fully saturated rings. The second-order valence-electron chi connectivity index (χ2n) is 6.33. The van der Waals surface area contributed by atoms with E-state index in [0.717, 1.165) is 6.42 Å². The number of carbonyl (C=O) groups excluding carboxylic acids is 1. The van der Waals surface area contributed by atoms with Crippen LogP contribution in [0.2, 0.25) is 0 Å². The molecule has 0 aliphatic carbocycles. The summed E-state index contributed by atoms with van der Waals surface area (Å²) >= 11 is 0. The summed E-state index contributed by atoms with van der Waals surface area (Å²) in [5.41, 5.74) is 0.366. The summed E-state index contributed by atoms with van der Waals surface area (Å²) in [5.74, 6) is 0.779. The maximum atomic E-state index is 11.4. The van der Waals surface area contributed by atoms with Crippen LogP contribution in [0.5, 0.6) is 0 Å². The van der Waals surface area contributed by atoms with E-state index in [4.69, 9.17) is 0 Å². The van der Waals surface area contributed by atoms with Crippen LogP contribution >= 0.6 is 0 Å². The molecule has 0 saturated carbocycles. The molecular weight excluding hydrogens is 186 g/mol. The second kappa shape index (κ2) is 5.00. The molecule has 0 radical (unpaired) electrons. The Morgan fingerprint density at radius 2 is 1.67 bits per heavy atom. The van der Waals surface area contributed by atoms with E-state index < -0.39 is 0 Å². The maximum absolute atomic E-state index is 11.4. The van der Waals surface area contributed by atoms with Crippen molar-refractivity contribution in [3.8, 4) is 0 Å². The van der Waals surface area contributed by atoms with Gasteiger partial charge in [-0.1, -0.05) is 41.5 Å². The molecule has 0 aromatic rings. The van der Waals surface area contributed by atoms with Gasteiger partial charge in [0.15, 0.2) is 0 Å². The quantitative estimate of drug-likeness (QED) is 0.746. The summed E-state index contributed by atoms with van der Waals surface area (Å²) in [6.45, 7) is 13.4. The lowest BCUT2D eigenvalue weighted by Gasteiger charge is -2.37. The molecule has 0 spiro atoms. The van der Waals surface area contributed by atoms with Crippen molar-refractivity contribution in [3.63, 3.8) is 0 Å². The molecule has 0 saturated heterocycles. The fourth-order valence-corrected chi connectivity index (χ4v) is 2.02. The minimum absolute atomic E-state index is 0.0772. The van der Waals surface area contributed by atoms with Gasteiger partial charge in [0.1, 0.15) is 0 Å². The highest BCUT2D eigenvalue weighted by atomic mass is 16.1. The molecule has 1 amide bonds. The molecule has 1 N–H and O–H groups in total. The van der Waals surface area contributed by atoms with Gasteiger partial charge in [0.05, 0.1) is 0 Å². The average Bonchev–Trinajstić information content (AvgIpc) is 2.00. The van der Waals surface area contributed by atoms with Gasteiger partial charge in [0.2, 0.25) is 5.91 Å². The summed E-state index contributed by atoms with van der Waals surface area (Å²) in [5, 5.41) is 2.70. The highest BCUT2D eigenvalue weighted by molar-refractivity contribution is 5.76. The van der Waals surface area contributed by atoms with Gasteiger partial charge >= 0.3 is 0 Å². The van der Waals surface area contributed by atoms with Crippen LogP contribution in [-0.4, -0.2) is 13.0 Å². The topological polar surface area (TPSA) is 29.1 Å². The van der Waals surface area contributed by atoms with Crippen LogP contribution in [0.3, 0.4) is 0 Å². The normalized spacial score (nSPS) is 13.1. The molecule has 15 heavy (non-hydrogen) atoms. The van der Waals surface area contributed by atoms with Gasteiger partial charge in [-0.25, -0.2) is 0 Å². The Morgan fingerprint density at radius 3 is 2.00 bits per heavy atom. The molecule has 0 atom stereocenters. The van der Waals surface area contributed by atoms with Crippen molar-refractivity contribution in [2.45, 2.75) is 54.4 Å². The van der Waals surface area contributed by atoms with E-state index in [2.05, 4.69) is 46.9 Å². The predicted molar refractivity (Wildman–Crippen MR) is 65.7 cm³/mol. The van der Waals surface area contributed by atoms with Crippen molar-refractivity contribution in [3.05, 3.63) is 0 Å². The number of hydrogen-bond donors (Lipinski definition) is 1. The standard InChI is InChI=1S/C13H27NO/c1-10(2)13(5,6)9-12(3,4)8-11(15)14-7/h10H,8-9H2,1-7H3,(H,14,15). The van der Waals surface area contributed by atoms with Crippen molar-refractivity contribution in [2.24, 2.45) is 16.7 Å². The fraction of sp³-hybridized carbons (Fsp3) is 0.923. The maximum Gasteiger partial charge on any atom is 0.220 e. The van der Waals surface area contributed by atoms with E-state index in [1.165, 1.54) is 0 Å². The van der Waals surface area contributed by atoms with Gasteiger partial charge in [-0.3, -0.25) is 4.79 Å². The SMILES string of the molecule is CNC(=O)CC(C)(C)CC(C)(C)C(C)C. The molecule has 90 valence electrons. The molecule has 0 aliphatic heterocycles. The number of hydrogen-bond acceptors (Lipinski definition) is 1. The third kappa shape index (κ3) is 5.19. The molecule has 2 heteroatoms. The van der Waals surface area contributed by atoms with E-state index in [1.807, 2.05) is 0 Å². The summed E-state index contributed by atoms with van der Waals surface area (Å²) < 4.78 is 0. The number of nitrogens with one attached hydrogen (secondary N) is 1. The summed E-state index contributed by atoms with van der Waals surface area (Å²) in [6.07, 6.45) is 1.69. The summed E-state index contributed by atoms with van der Waals surface area (Å²) in [7, 11) is 1.70. The molecule has 0 heterocycles. The minimum atomic E-state index is 0.0772. The third-order valence-electron chi connectivity index (χ3n) is 3.42. The number of rotatable bonds is 5. The van der Waals surface area contributed by atoms with E-state index >= 15 is 0 Å². The van der Waals surface area contributed by atoms with Gasteiger partial charge in [0.25, 0.3) is 0 Å². The molecule has 0 aromatic heterocycles. The largest absolute Gasteiger partial charge is 0.359 e. The van der Waals surface area contributed by atoms with Crippen LogP contribution in [0.25, 0.3) is 0 Å². The lowest BCUT2D eigenvalue weighted by Crippen LogP contribution is -2.32. The smallest absolute Gasteiger partial charge is 0.220 e. The van der Waals surface area contributed by atoms with E-state index in [0.29, 0.717) is 12.3 Å². The van der Waals surface area contributed by atoms with Crippen molar-refractivity contribution in [1.82, 2.24) is 5.32 Å². The molecule has 0 unspecified atom stereocenters. The Hall–Kier alpha value is -0.530. The van der Waals surface area contributed by atoms with E-state index in [-0.39, 0.29) is 16.7 Å². The van der Waals surface area contributed by atoms with Crippen LogP contribution in [0.4, 0.5) is 0 Å². The predicted octanol–water partition coefficient (Wildman–Crippen LogP) is 3.22.